The highest BCUT2D eigenvalue weighted by atomic mass is 16.5. The van der Waals surface area contributed by atoms with Crippen molar-refractivity contribution in [3.05, 3.63) is 42.0 Å². The summed E-state index contributed by atoms with van der Waals surface area (Å²) in [5.74, 6) is 0.920. The van der Waals surface area contributed by atoms with Gasteiger partial charge in [-0.25, -0.2) is 0 Å². The van der Waals surface area contributed by atoms with Gasteiger partial charge in [-0.05, 0) is 34.9 Å². The molecular formula is C16H17NO. The summed E-state index contributed by atoms with van der Waals surface area (Å²) in [6.45, 7) is 2.93. The van der Waals surface area contributed by atoms with Crippen LogP contribution in [0.3, 0.4) is 0 Å². The largest absolute Gasteiger partial charge is 0.494 e. The number of nitriles is 1. The third kappa shape index (κ3) is 3.01. The summed E-state index contributed by atoms with van der Waals surface area (Å²) < 4.78 is 5.68. The molecule has 0 aliphatic heterocycles. The van der Waals surface area contributed by atoms with E-state index in [-0.39, 0.29) is 0 Å². The Morgan fingerprint density at radius 3 is 2.67 bits per heavy atom. The van der Waals surface area contributed by atoms with Crippen molar-refractivity contribution in [3.63, 3.8) is 0 Å². The Kier molecular flexibility index (Phi) is 4.20. The zero-order valence-electron chi connectivity index (χ0n) is 10.6. The third-order valence-corrected chi connectivity index (χ3v) is 2.93. The number of ether oxygens (including phenoxy) is 1. The summed E-state index contributed by atoms with van der Waals surface area (Å²) in [6.07, 6.45) is 2.69. The standard InChI is InChI=1S/C16H17NO/c1-2-3-10-18-16-7-6-14-11-13(8-9-17)4-5-15(14)12-16/h4-7,11-12H,2-3,8,10H2,1H3. The molecule has 0 radical (unpaired) electrons. The van der Waals surface area contributed by atoms with Crippen molar-refractivity contribution in [2.75, 3.05) is 6.61 Å². The van der Waals surface area contributed by atoms with E-state index >= 15 is 0 Å². The first-order valence-corrected chi connectivity index (χ1v) is 6.36. The molecule has 0 fully saturated rings. The van der Waals surface area contributed by atoms with Crippen LogP contribution in [0.5, 0.6) is 5.75 Å². The fraction of sp³-hybridized carbons (Fsp3) is 0.312. The van der Waals surface area contributed by atoms with Gasteiger partial charge in [0.2, 0.25) is 0 Å². The molecule has 0 bridgehead atoms. The summed E-state index contributed by atoms with van der Waals surface area (Å²) in [5, 5.41) is 11.0. The number of rotatable bonds is 5. The van der Waals surface area contributed by atoms with Gasteiger partial charge in [0.15, 0.2) is 0 Å². The van der Waals surface area contributed by atoms with E-state index < -0.39 is 0 Å². The van der Waals surface area contributed by atoms with E-state index in [1.165, 1.54) is 0 Å². The van der Waals surface area contributed by atoms with Crippen LogP contribution in [0.2, 0.25) is 0 Å². The van der Waals surface area contributed by atoms with Gasteiger partial charge in [0, 0.05) is 0 Å². The molecule has 2 aromatic rings. The van der Waals surface area contributed by atoms with Crippen molar-refractivity contribution in [2.24, 2.45) is 0 Å². The Labute approximate surface area is 108 Å². The number of hydrogen-bond acceptors (Lipinski definition) is 2. The number of benzene rings is 2. The van der Waals surface area contributed by atoms with Crippen LogP contribution >= 0.6 is 0 Å². The minimum Gasteiger partial charge on any atom is -0.494 e. The average Bonchev–Trinajstić information content (AvgIpc) is 2.39. The van der Waals surface area contributed by atoms with Gasteiger partial charge in [-0.3, -0.25) is 0 Å². The van der Waals surface area contributed by atoms with Crippen molar-refractivity contribution in [1.29, 1.82) is 5.26 Å². The lowest BCUT2D eigenvalue weighted by Gasteiger charge is -2.07. The SMILES string of the molecule is CCCCOc1ccc2cc(CC#N)ccc2c1. The van der Waals surface area contributed by atoms with Crippen molar-refractivity contribution in [1.82, 2.24) is 0 Å². The van der Waals surface area contributed by atoms with Crippen LogP contribution in [0.4, 0.5) is 0 Å². The van der Waals surface area contributed by atoms with E-state index in [1.54, 1.807) is 0 Å². The van der Waals surface area contributed by atoms with Gasteiger partial charge < -0.3 is 4.74 Å². The van der Waals surface area contributed by atoms with E-state index in [0.29, 0.717) is 6.42 Å². The smallest absolute Gasteiger partial charge is 0.119 e. The van der Waals surface area contributed by atoms with Crippen LogP contribution in [0.25, 0.3) is 10.8 Å². The molecular weight excluding hydrogens is 222 g/mol. The highest BCUT2D eigenvalue weighted by Crippen LogP contribution is 2.22. The average molecular weight is 239 g/mol. The van der Waals surface area contributed by atoms with Gasteiger partial charge in [-0.2, -0.15) is 5.26 Å². The Hall–Kier alpha value is -2.01. The topological polar surface area (TPSA) is 33.0 Å². The van der Waals surface area contributed by atoms with Crippen LogP contribution in [0.15, 0.2) is 36.4 Å². The van der Waals surface area contributed by atoms with Crippen LogP contribution in [0, 0.1) is 11.3 Å². The van der Waals surface area contributed by atoms with Crippen LogP contribution in [-0.2, 0) is 6.42 Å². The molecule has 0 aliphatic rings. The van der Waals surface area contributed by atoms with E-state index in [2.05, 4.69) is 37.3 Å². The summed E-state index contributed by atoms with van der Waals surface area (Å²) in [6, 6.07) is 14.4. The molecule has 0 saturated carbocycles. The minimum atomic E-state index is 0.463. The monoisotopic (exact) mass is 239 g/mol. The van der Waals surface area contributed by atoms with Gasteiger partial charge >= 0.3 is 0 Å². The van der Waals surface area contributed by atoms with Crippen LogP contribution in [0.1, 0.15) is 25.3 Å². The number of nitrogens with zero attached hydrogens (tertiary/aromatic N) is 1. The Balaban J connectivity index is 2.19. The van der Waals surface area contributed by atoms with Gasteiger partial charge in [0.1, 0.15) is 5.75 Å². The molecule has 0 unspecified atom stereocenters. The molecule has 0 atom stereocenters. The van der Waals surface area contributed by atoms with Gasteiger partial charge in [0.25, 0.3) is 0 Å². The summed E-state index contributed by atoms with van der Waals surface area (Å²) in [7, 11) is 0. The second-order valence-corrected chi connectivity index (χ2v) is 4.38. The molecule has 0 heterocycles. The van der Waals surface area contributed by atoms with E-state index in [4.69, 9.17) is 10.00 Å². The van der Waals surface area contributed by atoms with Crippen molar-refractivity contribution in [2.45, 2.75) is 26.2 Å². The predicted octanol–water partition coefficient (Wildman–Crippen LogP) is 4.08. The molecule has 2 nitrogen and oxygen atoms in total. The molecule has 0 aliphatic carbocycles. The third-order valence-electron chi connectivity index (χ3n) is 2.93. The minimum absolute atomic E-state index is 0.463. The summed E-state index contributed by atoms with van der Waals surface area (Å²) in [4.78, 5) is 0. The lowest BCUT2D eigenvalue weighted by atomic mass is 10.1. The second kappa shape index (κ2) is 6.07. The number of hydrogen-bond donors (Lipinski definition) is 0. The zero-order chi connectivity index (χ0) is 12.8. The molecule has 0 amide bonds. The number of unbranched alkanes of at least 4 members (excludes halogenated alkanes) is 1. The molecule has 92 valence electrons. The van der Waals surface area contributed by atoms with Crippen molar-refractivity contribution >= 4 is 10.8 Å². The first-order chi connectivity index (χ1) is 8.83. The maximum atomic E-state index is 8.69. The maximum Gasteiger partial charge on any atom is 0.119 e. The fourth-order valence-corrected chi connectivity index (χ4v) is 1.90. The van der Waals surface area contributed by atoms with E-state index in [9.17, 15) is 0 Å². The molecule has 0 spiro atoms. The molecule has 2 heteroatoms. The fourth-order valence-electron chi connectivity index (χ4n) is 1.90. The van der Waals surface area contributed by atoms with Gasteiger partial charge in [-0.1, -0.05) is 37.6 Å². The lowest BCUT2D eigenvalue weighted by molar-refractivity contribution is 0.310. The van der Waals surface area contributed by atoms with Gasteiger partial charge in [-0.15, -0.1) is 0 Å². The highest BCUT2D eigenvalue weighted by molar-refractivity contribution is 5.84. The zero-order valence-corrected chi connectivity index (χ0v) is 10.6. The first-order valence-electron chi connectivity index (χ1n) is 6.36. The maximum absolute atomic E-state index is 8.69. The second-order valence-electron chi connectivity index (χ2n) is 4.38. The molecule has 0 saturated heterocycles. The predicted molar refractivity (Wildman–Crippen MR) is 73.7 cm³/mol. The Morgan fingerprint density at radius 2 is 1.89 bits per heavy atom. The Bertz CT molecular complexity index is 569. The number of fused-ring (bicyclic) bond motifs is 1. The van der Waals surface area contributed by atoms with Crippen LogP contribution in [-0.4, -0.2) is 6.61 Å². The van der Waals surface area contributed by atoms with Crippen LogP contribution < -0.4 is 4.74 Å². The van der Waals surface area contributed by atoms with E-state index in [0.717, 1.165) is 41.5 Å². The van der Waals surface area contributed by atoms with Crippen molar-refractivity contribution in [3.8, 4) is 11.8 Å². The van der Waals surface area contributed by atoms with E-state index in [1.807, 2.05) is 12.1 Å². The van der Waals surface area contributed by atoms with Crippen molar-refractivity contribution < 1.29 is 4.74 Å². The van der Waals surface area contributed by atoms with Gasteiger partial charge in [0.05, 0.1) is 19.1 Å². The lowest BCUT2D eigenvalue weighted by Crippen LogP contribution is -1.96. The summed E-state index contributed by atoms with van der Waals surface area (Å²) >= 11 is 0. The summed E-state index contributed by atoms with van der Waals surface area (Å²) in [5.41, 5.74) is 1.06. The Morgan fingerprint density at radius 1 is 1.11 bits per heavy atom. The molecule has 18 heavy (non-hydrogen) atoms. The normalized spacial score (nSPS) is 10.2. The molecule has 0 aromatic heterocycles. The first kappa shape index (κ1) is 12.4. The molecule has 2 aromatic carbocycles. The molecule has 0 N–H and O–H groups in total. The highest BCUT2D eigenvalue weighted by Gasteiger charge is 1.99. The molecule has 2 rings (SSSR count). The quantitative estimate of drug-likeness (QED) is 0.736.